The number of nitrogens with two attached hydrogens (primary N) is 3. The number of nitrogens with zero attached hydrogens (tertiary/aromatic N) is 2. The van der Waals surface area contributed by atoms with Crippen molar-refractivity contribution in [2.45, 2.75) is 62.3 Å². The van der Waals surface area contributed by atoms with Gasteiger partial charge in [0.05, 0.1) is 26.1 Å². The van der Waals surface area contributed by atoms with Crippen molar-refractivity contribution in [3.05, 3.63) is 0 Å². The molecular formula is C25H42N10O11S. The minimum Gasteiger partial charge on any atom is -0.481 e. The number of carboxylic acid groups (broad SMARTS) is 2. The number of rotatable bonds is 20. The summed E-state index contributed by atoms with van der Waals surface area (Å²) in [7, 11) is 0. The van der Waals surface area contributed by atoms with E-state index in [1.807, 2.05) is 0 Å². The smallest absolute Gasteiger partial charge is 0.327 e. The van der Waals surface area contributed by atoms with Crippen LogP contribution in [0.25, 0.3) is 0 Å². The lowest BCUT2D eigenvalue weighted by molar-refractivity contribution is -0.145. The summed E-state index contributed by atoms with van der Waals surface area (Å²) in [5, 5.41) is 39.5. The van der Waals surface area contributed by atoms with E-state index in [9.17, 15) is 53.7 Å². The van der Waals surface area contributed by atoms with Crippen LogP contribution in [0.5, 0.6) is 0 Å². The van der Waals surface area contributed by atoms with Crippen molar-refractivity contribution in [1.29, 1.82) is 0 Å². The number of hydrogen-bond donors (Lipinski definition) is 12. The summed E-state index contributed by atoms with van der Waals surface area (Å²) in [5.41, 5.74) is 15.8. The van der Waals surface area contributed by atoms with E-state index in [0.717, 1.165) is 4.90 Å². The van der Waals surface area contributed by atoms with Crippen molar-refractivity contribution in [3.63, 3.8) is 0 Å². The van der Waals surface area contributed by atoms with Gasteiger partial charge in [0.25, 0.3) is 0 Å². The molecular weight excluding hydrogens is 648 g/mol. The third kappa shape index (κ3) is 14.1. The molecule has 1 rings (SSSR count). The van der Waals surface area contributed by atoms with E-state index in [-0.39, 0.29) is 44.1 Å². The molecule has 1 heterocycles. The van der Waals surface area contributed by atoms with Gasteiger partial charge in [-0.2, -0.15) is 12.6 Å². The van der Waals surface area contributed by atoms with Crippen LogP contribution in [0.4, 0.5) is 0 Å². The number of carboxylic acids is 2. The molecule has 21 nitrogen and oxygen atoms in total. The monoisotopic (exact) mass is 690 g/mol. The van der Waals surface area contributed by atoms with E-state index in [1.165, 1.54) is 0 Å². The topological polar surface area (TPSA) is 351 Å². The molecule has 0 aromatic carbocycles. The second-order valence-corrected chi connectivity index (χ2v) is 10.6. The lowest BCUT2D eigenvalue weighted by atomic mass is 10.1. The van der Waals surface area contributed by atoms with Gasteiger partial charge in [0, 0.05) is 18.8 Å². The van der Waals surface area contributed by atoms with Crippen LogP contribution in [0.3, 0.4) is 0 Å². The third-order valence-corrected chi connectivity index (χ3v) is 7.03. The van der Waals surface area contributed by atoms with E-state index in [0.29, 0.717) is 6.42 Å². The molecule has 0 bridgehead atoms. The average Bonchev–Trinajstić information content (AvgIpc) is 3.51. The van der Waals surface area contributed by atoms with Crippen LogP contribution < -0.4 is 43.8 Å². The largest absolute Gasteiger partial charge is 0.481 e. The SMILES string of the molecule is NCC(=O)N[C@H](CCCN=C(N)N)C(=O)NCC(=O)N[C@@H](CC(=O)O)C(=O)N[C@@H](CO)C(=O)N1CCC[C@H]1C(=O)N[C@@H](CS)C(=O)O. The Morgan fingerprint density at radius 3 is 2.11 bits per heavy atom. The van der Waals surface area contributed by atoms with Crippen LogP contribution in [-0.2, 0) is 38.4 Å². The molecule has 0 radical (unpaired) electrons. The van der Waals surface area contributed by atoms with Crippen LogP contribution in [-0.4, -0.2) is 142 Å². The first-order valence-electron chi connectivity index (χ1n) is 14.3. The molecule has 47 heavy (non-hydrogen) atoms. The molecule has 1 fully saturated rings. The fraction of sp³-hybridized carbons (Fsp3) is 0.640. The highest BCUT2D eigenvalue weighted by Crippen LogP contribution is 2.19. The van der Waals surface area contributed by atoms with Gasteiger partial charge in [0.15, 0.2) is 5.96 Å². The summed E-state index contributed by atoms with van der Waals surface area (Å²) in [6.07, 6.45) is -0.109. The van der Waals surface area contributed by atoms with Crippen LogP contribution in [0.1, 0.15) is 32.1 Å². The number of nitrogens with one attached hydrogen (secondary N) is 5. The average molecular weight is 691 g/mol. The molecule has 264 valence electrons. The Balaban J connectivity index is 2.90. The number of hydrogen-bond acceptors (Lipinski definition) is 12. The van der Waals surface area contributed by atoms with E-state index in [2.05, 4.69) is 44.2 Å². The van der Waals surface area contributed by atoms with Gasteiger partial charge in [-0.15, -0.1) is 0 Å². The molecule has 0 aromatic rings. The quantitative estimate of drug-likeness (QED) is 0.0245. The standard InChI is InChI=1S/C25H42N10O11S/c26-8-17(37)31-12(3-1-5-29-25(27)28)20(41)30-9-18(38)32-13(7-19(39)40)21(42)33-14(10-36)23(44)35-6-2-4-16(35)22(43)34-15(11-47)24(45)46/h12-16,36,47H,1-11,26H2,(H,30,41)(H,31,37)(H,32,38)(H,33,42)(H,34,43)(H,39,40)(H,45,46)(H4,27,28,29)/t12-,13+,14+,15+,16+/m1/s1. The van der Waals surface area contributed by atoms with E-state index in [1.54, 1.807) is 0 Å². The Kier molecular flexibility index (Phi) is 17.5. The zero-order valence-corrected chi connectivity index (χ0v) is 26.2. The Morgan fingerprint density at radius 2 is 1.55 bits per heavy atom. The van der Waals surface area contributed by atoms with Crippen molar-refractivity contribution in [2.75, 3.05) is 38.5 Å². The Bertz CT molecular complexity index is 1200. The maximum atomic E-state index is 13.2. The molecule has 0 spiro atoms. The number of aliphatic hydroxyl groups excluding tert-OH is 1. The lowest BCUT2D eigenvalue weighted by Crippen LogP contribution is -2.59. The van der Waals surface area contributed by atoms with Crippen molar-refractivity contribution >= 4 is 66.0 Å². The molecule has 1 aliphatic heterocycles. The number of aliphatic imine (C=N–C) groups is 1. The molecule has 6 amide bonds. The summed E-state index contributed by atoms with van der Waals surface area (Å²) in [4.78, 5) is 103. The minimum absolute atomic E-state index is 0.0396. The van der Waals surface area contributed by atoms with E-state index >= 15 is 0 Å². The molecule has 22 heteroatoms. The van der Waals surface area contributed by atoms with E-state index in [4.69, 9.17) is 17.2 Å². The summed E-state index contributed by atoms with van der Waals surface area (Å²) in [5.74, 6) is -8.58. The molecule has 5 atom stereocenters. The van der Waals surface area contributed by atoms with Gasteiger partial charge in [-0.05, 0) is 25.7 Å². The van der Waals surface area contributed by atoms with Crippen LogP contribution in [0.15, 0.2) is 4.99 Å². The minimum atomic E-state index is -1.77. The molecule has 0 unspecified atom stereocenters. The molecule has 1 saturated heterocycles. The first kappa shape index (κ1) is 40.3. The highest BCUT2D eigenvalue weighted by atomic mass is 32.1. The lowest BCUT2D eigenvalue weighted by Gasteiger charge is -2.29. The van der Waals surface area contributed by atoms with Gasteiger partial charge < -0.3 is 64.0 Å². The maximum Gasteiger partial charge on any atom is 0.327 e. The van der Waals surface area contributed by atoms with E-state index < -0.39 is 104 Å². The molecule has 0 aliphatic carbocycles. The fourth-order valence-electron chi connectivity index (χ4n) is 4.36. The summed E-state index contributed by atoms with van der Waals surface area (Å²) >= 11 is 3.88. The highest BCUT2D eigenvalue weighted by Gasteiger charge is 2.39. The normalized spacial score (nSPS) is 16.4. The van der Waals surface area contributed by atoms with Crippen LogP contribution in [0.2, 0.25) is 0 Å². The Morgan fingerprint density at radius 1 is 0.894 bits per heavy atom. The number of carbonyl (C=O) groups excluding carboxylic acids is 6. The summed E-state index contributed by atoms with van der Waals surface area (Å²) in [6, 6.07) is -7.00. The van der Waals surface area contributed by atoms with Gasteiger partial charge in [-0.3, -0.25) is 38.6 Å². The zero-order chi connectivity index (χ0) is 35.7. The van der Waals surface area contributed by atoms with Crippen molar-refractivity contribution < 1.29 is 53.7 Å². The highest BCUT2D eigenvalue weighted by molar-refractivity contribution is 7.80. The second-order valence-electron chi connectivity index (χ2n) is 10.2. The van der Waals surface area contributed by atoms with Crippen molar-refractivity contribution in [1.82, 2.24) is 31.5 Å². The summed E-state index contributed by atoms with van der Waals surface area (Å²) < 4.78 is 0. The molecule has 1 aliphatic rings. The van der Waals surface area contributed by atoms with Gasteiger partial charge in [0.2, 0.25) is 35.4 Å². The van der Waals surface area contributed by atoms with Gasteiger partial charge in [-0.25, -0.2) is 4.79 Å². The first-order chi connectivity index (χ1) is 22.1. The second kappa shape index (κ2) is 20.4. The van der Waals surface area contributed by atoms with Crippen molar-refractivity contribution in [3.8, 4) is 0 Å². The number of aliphatic hydroxyl groups is 1. The number of amides is 6. The Hall–Kier alpha value is -4.70. The van der Waals surface area contributed by atoms with Crippen molar-refractivity contribution in [2.24, 2.45) is 22.2 Å². The number of thiol groups is 1. The summed E-state index contributed by atoms with van der Waals surface area (Å²) in [6.45, 7) is -1.96. The van der Waals surface area contributed by atoms with Gasteiger partial charge in [-0.1, -0.05) is 0 Å². The Labute approximate surface area is 274 Å². The fourth-order valence-corrected chi connectivity index (χ4v) is 4.61. The molecule has 0 aromatic heterocycles. The number of aliphatic carboxylic acids is 2. The van der Waals surface area contributed by atoms with Gasteiger partial charge in [0.1, 0.15) is 30.2 Å². The third-order valence-electron chi connectivity index (χ3n) is 6.67. The predicted molar refractivity (Wildman–Crippen MR) is 165 cm³/mol. The first-order valence-corrected chi connectivity index (χ1v) is 15.0. The van der Waals surface area contributed by atoms with Crippen LogP contribution >= 0.6 is 12.6 Å². The number of guanidine groups is 1. The predicted octanol–water partition coefficient (Wildman–Crippen LogP) is -6.47. The maximum absolute atomic E-state index is 13.2. The number of carbonyl (C=O) groups is 8. The molecule has 14 N–H and O–H groups in total. The zero-order valence-electron chi connectivity index (χ0n) is 25.3. The van der Waals surface area contributed by atoms with Gasteiger partial charge >= 0.3 is 11.9 Å². The molecule has 0 saturated carbocycles. The number of likely N-dealkylation sites (tertiary alicyclic amines) is 1. The van der Waals surface area contributed by atoms with Crippen LogP contribution in [0, 0.1) is 0 Å².